The van der Waals surface area contributed by atoms with Gasteiger partial charge < -0.3 is 5.11 Å². The predicted octanol–water partition coefficient (Wildman–Crippen LogP) is 1.73. The van der Waals surface area contributed by atoms with E-state index >= 15 is 0 Å². The fourth-order valence-electron chi connectivity index (χ4n) is 3.04. The van der Waals surface area contributed by atoms with Crippen molar-refractivity contribution in [2.75, 3.05) is 13.1 Å². The molecule has 2 aromatic heterocycles. The van der Waals surface area contributed by atoms with Crippen LogP contribution >= 0.6 is 11.6 Å². The maximum atomic E-state index is 11.1. The van der Waals surface area contributed by atoms with Crippen molar-refractivity contribution < 1.29 is 5.11 Å². The first kappa shape index (κ1) is 16.4. The van der Waals surface area contributed by atoms with Crippen molar-refractivity contribution in [2.24, 2.45) is 7.05 Å². The van der Waals surface area contributed by atoms with Crippen LogP contribution in [0, 0.1) is 0 Å². The first-order chi connectivity index (χ1) is 10.9. The minimum absolute atomic E-state index is 0.229. The number of halogens is 1. The van der Waals surface area contributed by atoms with E-state index in [-0.39, 0.29) is 6.04 Å². The summed E-state index contributed by atoms with van der Waals surface area (Å²) in [5, 5.41) is 24.2. The molecule has 0 aromatic carbocycles. The summed E-state index contributed by atoms with van der Waals surface area (Å²) in [6.07, 6.45) is 5.10. The maximum Gasteiger partial charge on any atom is 0.123 e. The molecular weight excluding hydrogens is 316 g/mol. The summed E-state index contributed by atoms with van der Waals surface area (Å²) < 4.78 is 3.56. The highest BCUT2D eigenvalue weighted by Crippen LogP contribution is 2.31. The topological polar surface area (TPSA) is 72.0 Å². The van der Waals surface area contributed by atoms with Gasteiger partial charge in [0.2, 0.25) is 0 Å². The molecule has 0 radical (unpaired) electrons. The number of nitrogens with zero attached hydrogens (tertiary/aromatic N) is 6. The van der Waals surface area contributed by atoms with Gasteiger partial charge in [-0.2, -0.15) is 5.10 Å². The summed E-state index contributed by atoms with van der Waals surface area (Å²) in [7, 11) is 1.88. The maximum absolute atomic E-state index is 11.1. The van der Waals surface area contributed by atoms with E-state index in [4.69, 9.17) is 11.6 Å². The standard InChI is InChI=1S/C15H23ClN6O/c1-11(2)22-9-14(18-19-22)15(23)5-4-6-21(10-15)8-13-12(16)7-17-20(13)3/h7,9,11,23H,4-6,8,10H2,1-3H3/t15-/m1/s1. The largest absolute Gasteiger partial charge is 0.382 e. The molecule has 1 saturated heterocycles. The Bertz CT molecular complexity index is 662. The van der Waals surface area contributed by atoms with E-state index < -0.39 is 5.60 Å². The van der Waals surface area contributed by atoms with Crippen molar-refractivity contribution in [3.05, 3.63) is 28.8 Å². The van der Waals surface area contributed by atoms with Crippen LogP contribution in [0.1, 0.15) is 44.1 Å². The molecule has 0 saturated carbocycles. The number of β-amino-alcohol motifs (C(OH)–C–C–N with tert-alkyl or cyclic N) is 1. The minimum Gasteiger partial charge on any atom is -0.382 e. The van der Waals surface area contributed by atoms with Crippen LogP contribution in [0.15, 0.2) is 12.4 Å². The van der Waals surface area contributed by atoms with E-state index in [1.807, 2.05) is 27.1 Å². The molecule has 1 atom stereocenters. The van der Waals surface area contributed by atoms with Crippen molar-refractivity contribution in [2.45, 2.75) is 44.9 Å². The molecule has 1 fully saturated rings. The second-order valence-electron chi connectivity index (χ2n) is 6.59. The van der Waals surface area contributed by atoms with Gasteiger partial charge in [-0.1, -0.05) is 16.8 Å². The van der Waals surface area contributed by atoms with Crippen LogP contribution in [0.3, 0.4) is 0 Å². The first-order valence-electron chi connectivity index (χ1n) is 7.92. The molecule has 2 aromatic rings. The molecule has 126 valence electrons. The van der Waals surface area contributed by atoms with Crippen LogP contribution in [0.5, 0.6) is 0 Å². The Labute approximate surface area is 140 Å². The summed E-state index contributed by atoms with van der Waals surface area (Å²) in [5.41, 5.74) is 0.643. The highest BCUT2D eigenvalue weighted by Gasteiger charge is 2.38. The Kier molecular flexibility index (Phi) is 4.44. The van der Waals surface area contributed by atoms with Gasteiger partial charge in [-0.05, 0) is 33.2 Å². The van der Waals surface area contributed by atoms with Gasteiger partial charge in [0.25, 0.3) is 0 Å². The summed E-state index contributed by atoms with van der Waals surface area (Å²) in [4.78, 5) is 2.20. The SMILES string of the molecule is CC(C)n1cc([C@@]2(O)CCCN(Cc3c(Cl)cnn3C)C2)nn1. The number of likely N-dealkylation sites (tertiary alicyclic amines) is 1. The number of rotatable bonds is 4. The predicted molar refractivity (Wildman–Crippen MR) is 87.0 cm³/mol. The molecule has 23 heavy (non-hydrogen) atoms. The average molecular weight is 339 g/mol. The van der Waals surface area contributed by atoms with Gasteiger partial charge in [-0.3, -0.25) is 9.58 Å². The molecular formula is C15H23ClN6O. The molecule has 3 rings (SSSR count). The molecule has 0 spiro atoms. The quantitative estimate of drug-likeness (QED) is 0.919. The van der Waals surface area contributed by atoms with Crippen molar-refractivity contribution >= 4 is 11.6 Å². The van der Waals surface area contributed by atoms with Crippen LogP contribution in [-0.2, 0) is 19.2 Å². The van der Waals surface area contributed by atoms with Gasteiger partial charge in [0.1, 0.15) is 11.3 Å². The van der Waals surface area contributed by atoms with Crippen LogP contribution in [0.4, 0.5) is 0 Å². The minimum atomic E-state index is -0.962. The summed E-state index contributed by atoms with van der Waals surface area (Å²) in [5.74, 6) is 0. The number of hydrogen-bond donors (Lipinski definition) is 1. The third-order valence-electron chi connectivity index (χ3n) is 4.45. The normalized spacial score (nSPS) is 22.9. The van der Waals surface area contributed by atoms with E-state index in [9.17, 15) is 5.11 Å². The van der Waals surface area contributed by atoms with Gasteiger partial charge in [-0.15, -0.1) is 5.10 Å². The molecule has 1 N–H and O–H groups in total. The van der Waals surface area contributed by atoms with Crippen LogP contribution in [0.25, 0.3) is 0 Å². The van der Waals surface area contributed by atoms with E-state index in [1.54, 1.807) is 15.6 Å². The lowest BCUT2D eigenvalue weighted by Crippen LogP contribution is -2.46. The zero-order valence-electron chi connectivity index (χ0n) is 13.8. The van der Waals surface area contributed by atoms with Gasteiger partial charge in [0, 0.05) is 26.2 Å². The number of aromatic nitrogens is 5. The number of aliphatic hydroxyl groups is 1. The van der Waals surface area contributed by atoms with Crippen LogP contribution < -0.4 is 0 Å². The monoisotopic (exact) mass is 338 g/mol. The number of piperidine rings is 1. The molecule has 1 aliphatic heterocycles. The highest BCUT2D eigenvalue weighted by atomic mass is 35.5. The van der Waals surface area contributed by atoms with Gasteiger partial charge in [0.15, 0.2) is 0 Å². The molecule has 1 aliphatic rings. The van der Waals surface area contributed by atoms with Gasteiger partial charge in [-0.25, -0.2) is 4.68 Å². The lowest BCUT2D eigenvalue weighted by molar-refractivity contribution is -0.0420. The Balaban J connectivity index is 1.76. The van der Waals surface area contributed by atoms with Crippen LogP contribution in [0.2, 0.25) is 5.02 Å². The van der Waals surface area contributed by atoms with Gasteiger partial charge >= 0.3 is 0 Å². The third-order valence-corrected chi connectivity index (χ3v) is 4.77. The summed E-state index contributed by atoms with van der Waals surface area (Å²) in [6.45, 7) is 6.18. The van der Waals surface area contributed by atoms with Crippen LogP contribution in [-0.4, -0.2) is 47.9 Å². The second kappa shape index (κ2) is 6.22. The van der Waals surface area contributed by atoms with Gasteiger partial charge in [0.05, 0.1) is 23.1 Å². The number of aryl methyl sites for hydroxylation is 1. The lowest BCUT2D eigenvalue weighted by atomic mass is 9.90. The van der Waals surface area contributed by atoms with Crippen molar-refractivity contribution in [3.8, 4) is 0 Å². The fraction of sp³-hybridized carbons (Fsp3) is 0.667. The third kappa shape index (κ3) is 3.27. The Hall–Kier alpha value is -1.44. The Morgan fingerprint density at radius 3 is 2.83 bits per heavy atom. The van der Waals surface area contributed by atoms with E-state index in [2.05, 4.69) is 20.3 Å². The summed E-state index contributed by atoms with van der Waals surface area (Å²) >= 11 is 6.19. The average Bonchev–Trinajstić information content (AvgIpc) is 3.11. The highest BCUT2D eigenvalue weighted by molar-refractivity contribution is 6.31. The van der Waals surface area contributed by atoms with E-state index in [0.717, 1.165) is 18.7 Å². The Morgan fingerprint density at radius 1 is 1.43 bits per heavy atom. The van der Waals surface area contributed by atoms with Crippen molar-refractivity contribution in [1.29, 1.82) is 0 Å². The fourth-order valence-corrected chi connectivity index (χ4v) is 3.26. The summed E-state index contributed by atoms with van der Waals surface area (Å²) in [6, 6.07) is 0.229. The van der Waals surface area contributed by atoms with Crippen molar-refractivity contribution in [3.63, 3.8) is 0 Å². The molecule has 0 bridgehead atoms. The molecule has 0 unspecified atom stereocenters. The molecule has 8 heteroatoms. The molecule has 0 amide bonds. The van der Waals surface area contributed by atoms with E-state index in [1.165, 1.54) is 0 Å². The zero-order valence-corrected chi connectivity index (χ0v) is 14.5. The second-order valence-corrected chi connectivity index (χ2v) is 6.99. The molecule has 7 nitrogen and oxygen atoms in total. The van der Waals surface area contributed by atoms with E-state index in [0.29, 0.717) is 30.2 Å². The molecule has 0 aliphatic carbocycles. The lowest BCUT2D eigenvalue weighted by Gasteiger charge is -2.37. The zero-order chi connectivity index (χ0) is 16.6. The first-order valence-corrected chi connectivity index (χ1v) is 8.30. The van der Waals surface area contributed by atoms with Crippen molar-refractivity contribution in [1.82, 2.24) is 29.7 Å². The number of hydrogen-bond acceptors (Lipinski definition) is 5. The smallest absolute Gasteiger partial charge is 0.123 e. The molecule has 3 heterocycles. The Morgan fingerprint density at radius 2 is 2.22 bits per heavy atom.